The van der Waals surface area contributed by atoms with E-state index in [0.717, 1.165) is 31.4 Å². The van der Waals surface area contributed by atoms with Crippen LogP contribution in [-0.4, -0.2) is 17.6 Å². The van der Waals surface area contributed by atoms with Crippen molar-refractivity contribution in [1.29, 1.82) is 0 Å². The van der Waals surface area contributed by atoms with Gasteiger partial charge < -0.3 is 10.0 Å². The minimum Gasteiger partial charge on any atom is -0.508 e. The molecule has 1 aliphatic carbocycles. The number of nitrogens with zero attached hydrogens (tertiary/aromatic N) is 1. The summed E-state index contributed by atoms with van der Waals surface area (Å²) >= 11 is 0. The largest absolute Gasteiger partial charge is 0.508 e. The molecule has 0 atom stereocenters. The lowest BCUT2D eigenvalue weighted by molar-refractivity contribution is -0.129. The standard InChI is InChI=1S/C16H23NO2/c1-3-17(13-8-7-9-14(18)12-13)15(19)16(2)10-5-4-6-11-16/h7-9,12,18H,3-6,10-11H2,1-2H3. The number of hydrogen-bond donors (Lipinski definition) is 1. The van der Waals surface area contributed by atoms with Gasteiger partial charge in [-0.1, -0.05) is 32.3 Å². The maximum Gasteiger partial charge on any atom is 0.232 e. The summed E-state index contributed by atoms with van der Waals surface area (Å²) in [7, 11) is 0. The Hall–Kier alpha value is -1.51. The zero-order valence-electron chi connectivity index (χ0n) is 11.9. The van der Waals surface area contributed by atoms with Crippen molar-refractivity contribution in [3.05, 3.63) is 24.3 Å². The average Bonchev–Trinajstić information content (AvgIpc) is 2.40. The molecule has 1 amide bonds. The zero-order chi connectivity index (χ0) is 13.9. The summed E-state index contributed by atoms with van der Waals surface area (Å²) < 4.78 is 0. The van der Waals surface area contributed by atoms with Crippen molar-refractivity contribution >= 4 is 11.6 Å². The molecule has 1 fully saturated rings. The Morgan fingerprint density at radius 1 is 1.32 bits per heavy atom. The number of anilines is 1. The smallest absolute Gasteiger partial charge is 0.232 e. The molecule has 0 spiro atoms. The van der Waals surface area contributed by atoms with E-state index in [1.54, 1.807) is 23.1 Å². The number of aromatic hydroxyl groups is 1. The lowest BCUT2D eigenvalue weighted by Gasteiger charge is -2.36. The molecule has 0 bridgehead atoms. The van der Waals surface area contributed by atoms with Crippen LogP contribution in [0, 0.1) is 5.41 Å². The predicted molar refractivity (Wildman–Crippen MR) is 77.3 cm³/mol. The molecule has 19 heavy (non-hydrogen) atoms. The highest BCUT2D eigenvalue weighted by Crippen LogP contribution is 2.38. The fourth-order valence-corrected chi connectivity index (χ4v) is 2.98. The van der Waals surface area contributed by atoms with E-state index in [-0.39, 0.29) is 17.1 Å². The summed E-state index contributed by atoms with van der Waals surface area (Å²) in [5.41, 5.74) is 0.555. The Bertz CT molecular complexity index is 450. The number of benzene rings is 1. The van der Waals surface area contributed by atoms with E-state index in [1.807, 2.05) is 13.0 Å². The maximum absolute atomic E-state index is 12.8. The highest BCUT2D eigenvalue weighted by molar-refractivity contribution is 5.97. The van der Waals surface area contributed by atoms with E-state index in [4.69, 9.17) is 0 Å². The van der Waals surface area contributed by atoms with Crippen molar-refractivity contribution in [1.82, 2.24) is 0 Å². The van der Waals surface area contributed by atoms with Crippen molar-refractivity contribution in [3.63, 3.8) is 0 Å². The third kappa shape index (κ3) is 2.91. The minimum atomic E-state index is -0.236. The molecule has 0 aromatic heterocycles. The number of hydrogen-bond acceptors (Lipinski definition) is 2. The van der Waals surface area contributed by atoms with Gasteiger partial charge in [0.15, 0.2) is 0 Å². The highest BCUT2D eigenvalue weighted by Gasteiger charge is 2.37. The van der Waals surface area contributed by atoms with Crippen molar-refractivity contribution in [2.45, 2.75) is 46.0 Å². The fourth-order valence-electron chi connectivity index (χ4n) is 2.98. The molecule has 1 aromatic carbocycles. The third-order valence-electron chi connectivity index (χ3n) is 4.18. The van der Waals surface area contributed by atoms with Crippen LogP contribution >= 0.6 is 0 Å². The van der Waals surface area contributed by atoms with Gasteiger partial charge in [0.1, 0.15) is 5.75 Å². The third-order valence-corrected chi connectivity index (χ3v) is 4.18. The molecule has 1 aliphatic rings. The van der Waals surface area contributed by atoms with Crippen LogP contribution in [0.2, 0.25) is 0 Å². The summed E-state index contributed by atoms with van der Waals surface area (Å²) in [4.78, 5) is 14.6. The van der Waals surface area contributed by atoms with Gasteiger partial charge in [0.05, 0.1) is 0 Å². The van der Waals surface area contributed by atoms with Crippen molar-refractivity contribution in [2.75, 3.05) is 11.4 Å². The first kappa shape index (κ1) is 13.9. The monoisotopic (exact) mass is 261 g/mol. The van der Waals surface area contributed by atoms with Crippen LogP contribution in [0.4, 0.5) is 5.69 Å². The Balaban J connectivity index is 2.24. The molecule has 104 valence electrons. The average molecular weight is 261 g/mol. The van der Waals surface area contributed by atoms with Gasteiger partial charge >= 0.3 is 0 Å². The molecule has 0 unspecified atom stereocenters. The maximum atomic E-state index is 12.8. The lowest BCUT2D eigenvalue weighted by atomic mass is 9.74. The SMILES string of the molecule is CCN(C(=O)C1(C)CCCCC1)c1cccc(O)c1. The number of amides is 1. The van der Waals surface area contributed by atoms with Gasteiger partial charge in [-0.3, -0.25) is 4.79 Å². The van der Waals surface area contributed by atoms with E-state index in [1.165, 1.54) is 6.42 Å². The second-order valence-corrected chi connectivity index (χ2v) is 5.69. The van der Waals surface area contributed by atoms with Gasteiger partial charge in [-0.25, -0.2) is 0 Å². The van der Waals surface area contributed by atoms with Crippen LogP contribution in [0.3, 0.4) is 0 Å². The molecule has 1 aromatic rings. The van der Waals surface area contributed by atoms with Crippen molar-refractivity contribution in [2.24, 2.45) is 5.41 Å². The zero-order valence-corrected chi connectivity index (χ0v) is 11.9. The van der Waals surface area contributed by atoms with Crippen LogP contribution in [-0.2, 0) is 4.79 Å². The van der Waals surface area contributed by atoms with Crippen LogP contribution < -0.4 is 4.90 Å². The molecule has 0 radical (unpaired) electrons. The van der Waals surface area contributed by atoms with E-state index >= 15 is 0 Å². The molecule has 2 rings (SSSR count). The van der Waals surface area contributed by atoms with Gasteiger partial charge in [-0.15, -0.1) is 0 Å². The first-order chi connectivity index (χ1) is 9.07. The second-order valence-electron chi connectivity index (χ2n) is 5.69. The molecule has 3 nitrogen and oxygen atoms in total. The quantitative estimate of drug-likeness (QED) is 0.901. The summed E-state index contributed by atoms with van der Waals surface area (Å²) in [6.07, 6.45) is 5.46. The molecule has 3 heteroatoms. The Kier molecular flexibility index (Phi) is 4.13. The Morgan fingerprint density at radius 2 is 2.00 bits per heavy atom. The van der Waals surface area contributed by atoms with E-state index in [0.29, 0.717) is 6.54 Å². The van der Waals surface area contributed by atoms with E-state index in [9.17, 15) is 9.90 Å². The number of carbonyl (C=O) groups excluding carboxylic acids is 1. The van der Waals surface area contributed by atoms with Crippen LogP contribution in [0.5, 0.6) is 5.75 Å². The normalized spacial score (nSPS) is 18.0. The fraction of sp³-hybridized carbons (Fsp3) is 0.562. The lowest BCUT2D eigenvalue weighted by Crippen LogP contribution is -2.43. The molecule has 1 N–H and O–H groups in total. The number of carbonyl (C=O) groups is 1. The van der Waals surface area contributed by atoms with E-state index in [2.05, 4.69) is 6.92 Å². The second kappa shape index (κ2) is 5.64. The Labute approximate surface area is 115 Å². The summed E-state index contributed by atoms with van der Waals surface area (Å²) in [6.45, 7) is 4.70. The molecule has 1 saturated carbocycles. The predicted octanol–water partition coefficient (Wildman–Crippen LogP) is 3.72. The molecular weight excluding hydrogens is 238 g/mol. The molecular formula is C16H23NO2. The Morgan fingerprint density at radius 3 is 2.58 bits per heavy atom. The van der Waals surface area contributed by atoms with Crippen LogP contribution in [0.25, 0.3) is 0 Å². The number of phenolic OH excluding ortho intramolecular Hbond substituents is 1. The summed E-state index contributed by atoms with van der Waals surface area (Å²) in [5.74, 6) is 0.401. The van der Waals surface area contributed by atoms with Crippen LogP contribution in [0.1, 0.15) is 46.0 Å². The van der Waals surface area contributed by atoms with Gasteiger partial charge in [0, 0.05) is 23.7 Å². The first-order valence-corrected chi connectivity index (χ1v) is 7.18. The van der Waals surface area contributed by atoms with E-state index < -0.39 is 0 Å². The topological polar surface area (TPSA) is 40.5 Å². The molecule has 0 saturated heterocycles. The van der Waals surface area contributed by atoms with Gasteiger partial charge in [-0.2, -0.15) is 0 Å². The van der Waals surface area contributed by atoms with Gasteiger partial charge in [-0.05, 0) is 31.9 Å². The number of rotatable bonds is 3. The first-order valence-electron chi connectivity index (χ1n) is 7.18. The van der Waals surface area contributed by atoms with Crippen LogP contribution in [0.15, 0.2) is 24.3 Å². The molecule has 0 heterocycles. The highest BCUT2D eigenvalue weighted by atomic mass is 16.3. The van der Waals surface area contributed by atoms with Gasteiger partial charge in [0.25, 0.3) is 0 Å². The van der Waals surface area contributed by atoms with Gasteiger partial charge in [0.2, 0.25) is 5.91 Å². The summed E-state index contributed by atoms with van der Waals surface area (Å²) in [5, 5.41) is 9.58. The van der Waals surface area contributed by atoms with Crippen molar-refractivity contribution < 1.29 is 9.90 Å². The molecule has 0 aliphatic heterocycles. The number of phenols is 1. The minimum absolute atomic E-state index is 0.195. The summed E-state index contributed by atoms with van der Waals surface area (Å²) in [6, 6.07) is 6.95. The van der Waals surface area contributed by atoms with Crippen molar-refractivity contribution in [3.8, 4) is 5.75 Å².